The predicted molar refractivity (Wildman–Crippen MR) is 48.6 cm³/mol. The van der Waals surface area contributed by atoms with E-state index in [0.29, 0.717) is 12.5 Å². The third-order valence-corrected chi connectivity index (χ3v) is 1.08. The number of nitrogens with two attached hydrogens (primary N) is 2. The molecule has 0 aromatic rings. The second kappa shape index (κ2) is 5.40. The SMILES string of the molecule is CC(C)NC(N)=NCCC(N)=O. The Morgan fingerprint density at radius 3 is 2.50 bits per heavy atom. The number of nitrogens with one attached hydrogen (secondary N) is 1. The first-order valence-corrected chi connectivity index (χ1v) is 3.87. The fourth-order valence-electron chi connectivity index (χ4n) is 0.628. The first-order valence-electron chi connectivity index (χ1n) is 3.87. The molecular weight excluding hydrogens is 156 g/mol. The maximum atomic E-state index is 10.3. The Morgan fingerprint density at radius 1 is 1.50 bits per heavy atom. The van der Waals surface area contributed by atoms with Crippen LogP contribution in [0.15, 0.2) is 4.99 Å². The second-order valence-electron chi connectivity index (χ2n) is 2.78. The zero-order chi connectivity index (χ0) is 9.56. The molecule has 0 heterocycles. The molecule has 12 heavy (non-hydrogen) atoms. The van der Waals surface area contributed by atoms with Gasteiger partial charge in [-0.2, -0.15) is 0 Å². The van der Waals surface area contributed by atoms with Crippen molar-refractivity contribution in [1.29, 1.82) is 0 Å². The molecule has 5 N–H and O–H groups in total. The second-order valence-corrected chi connectivity index (χ2v) is 2.78. The van der Waals surface area contributed by atoms with Crippen LogP contribution in [-0.2, 0) is 4.79 Å². The fraction of sp³-hybridized carbons (Fsp3) is 0.714. The van der Waals surface area contributed by atoms with E-state index in [1.807, 2.05) is 13.8 Å². The minimum atomic E-state index is -0.365. The third kappa shape index (κ3) is 6.85. The molecular formula is C7H16N4O. The number of hydrogen-bond donors (Lipinski definition) is 3. The van der Waals surface area contributed by atoms with Crippen molar-refractivity contribution in [2.45, 2.75) is 26.3 Å². The fourth-order valence-corrected chi connectivity index (χ4v) is 0.628. The Kier molecular flexibility index (Phi) is 4.83. The van der Waals surface area contributed by atoms with E-state index in [9.17, 15) is 4.79 Å². The minimum Gasteiger partial charge on any atom is -0.370 e. The summed E-state index contributed by atoms with van der Waals surface area (Å²) in [5, 5.41) is 2.89. The standard InChI is InChI=1S/C7H16N4O/c1-5(2)11-7(9)10-4-3-6(8)12/h5H,3-4H2,1-2H3,(H2,8,12)(H3,9,10,11). The summed E-state index contributed by atoms with van der Waals surface area (Å²) in [4.78, 5) is 14.2. The van der Waals surface area contributed by atoms with Crippen molar-refractivity contribution in [3.8, 4) is 0 Å². The highest BCUT2D eigenvalue weighted by Gasteiger charge is 1.95. The average molecular weight is 172 g/mol. The Hall–Kier alpha value is -1.26. The van der Waals surface area contributed by atoms with Crippen LogP contribution in [0.2, 0.25) is 0 Å². The molecule has 0 aliphatic heterocycles. The van der Waals surface area contributed by atoms with Gasteiger partial charge < -0.3 is 16.8 Å². The molecule has 0 saturated carbocycles. The molecule has 0 rings (SSSR count). The largest absolute Gasteiger partial charge is 0.370 e. The molecule has 0 fully saturated rings. The highest BCUT2D eigenvalue weighted by Crippen LogP contribution is 1.80. The van der Waals surface area contributed by atoms with Crippen molar-refractivity contribution in [2.75, 3.05) is 6.54 Å². The molecule has 0 aromatic carbocycles. The first kappa shape index (κ1) is 10.7. The summed E-state index contributed by atoms with van der Waals surface area (Å²) in [6.07, 6.45) is 0.237. The first-order chi connectivity index (χ1) is 5.52. The zero-order valence-electron chi connectivity index (χ0n) is 7.50. The van der Waals surface area contributed by atoms with Gasteiger partial charge in [-0.05, 0) is 13.8 Å². The van der Waals surface area contributed by atoms with Crippen LogP contribution in [-0.4, -0.2) is 24.5 Å². The van der Waals surface area contributed by atoms with E-state index in [-0.39, 0.29) is 18.4 Å². The van der Waals surface area contributed by atoms with E-state index < -0.39 is 0 Å². The van der Waals surface area contributed by atoms with Crippen molar-refractivity contribution in [1.82, 2.24) is 5.32 Å². The Bertz CT molecular complexity index is 176. The van der Waals surface area contributed by atoms with Crippen LogP contribution in [0.25, 0.3) is 0 Å². The molecule has 0 aliphatic carbocycles. The Labute approximate surface area is 72.2 Å². The lowest BCUT2D eigenvalue weighted by molar-refractivity contribution is -0.117. The summed E-state index contributed by atoms with van der Waals surface area (Å²) in [7, 11) is 0. The van der Waals surface area contributed by atoms with Gasteiger partial charge in [-0.15, -0.1) is 0 Å². The molecule has 0 saturated heterocycles. The molecule has 5 nitrogen and oxygen atoms in total. The van der Waals surface area contributed by atoms with Crippen LogP contribution in [0.5, 0.6) is 0 Å². The monoisotopic (exact) mass is 172 g/mol. The van der Waals surface area contributed by atoms with Crippen molar-refractivity contribution in [3.63, 3.8) is 0 Å². The maximum Gasteiger partial charge on any atom is 0.219 e. The van der Waals surface area contributed by atoms with E-state index in [1.165, 1.54) is 0 Å². The Morgan fingerprint density at radius 2 is 2.08 bits per heavy atom. The molecule has 0 aliphatic rings. The third-order valence-electron chi connectivity index (χ3n) is 1.08. The van der Waals surface area contributed by atoms with Crippen molar-refractivity contribution in [2.24, 2.45) is 16.5 Å². The number of guanidine groups is 1. The maximum absolute atomic E-state index is 10.3. The number of amides is 1. The van der Waals surface area contributed by atoms with Gasteiger partial charge in [0.05, 0.1) is 6.54 Å². The quantitative estimate of drug-likeness (QED) is 0.382. The molecule has 0 spiro atoms. The Balaban J connectivity index is 3.62. The summed E-state index contributed by atoms with van der Waals surface area (Å²) in [6, 6.07) is 0.252. The van der Waals surface area contributed by atoms with E-state index in [0.717, 1.165) is 0 Å². The number of nitrogens with zero attached hydrogens (tertiary/aromatic N) is 1. The number of hydrogen-bond acceptors (Lipinski definition) is 2. The van der Waals surface area contributed by atoms with Gasteiger partial charge in [0.25, 0.3) is 0 Å². The van der Waals surface area contributed by atoms with Gasteiger partial charge >= 0.3 is 0 Å². The van der Waals surface area contributed by atoms with Gasteiger partial charge in [-0.1, -0.05) is 0 Å². The van der Waals surface area contributed by atoms with Crippen molar-refractivity contribution in [3.05, 3.63) is 0 Å². The molecule has 0 atom stereocenters. The van der Waals surface area contributed by atoms with Crippen LogP contribution in [0.3, 0.4) is 0 Å². The number of rotatable bonds is 4. The summed E-state index contributed by atoms with van der Waals surface area (Å²) in [5.74, 6) is -0.0117. The summed E-state index contributed by atoms with van der Waals surface area (Å²) >= 11 is 0. The van der Waals surface area contributed by atoms with Crippen LogP contribution in [0, 0.1) is 0 Å². The van der Waals surface area contributed by atoms with E-state index in [2.05, 4.69) is 10.3 Å². The van der Waals surface area contributed by atoms with Crippen LogP contribution in [0.1, 0.15) is 20.3 Å². The van der Waals surface area contributed by atoms with Crippen LogP contribution < -0.4 is 16.8 Å². The minimum absolute atomic E-state index is 0.237. The van der Waals surface area contributed by atoms with Crippen molar-refractivity contribution >= 4 is 11.9 Å². The number of carbonyl (C=O) groups is 1. The number of aliphatic imine (C=N–C) groups is 1. The average Bonchev–Trinajstić information content (AvgIpc) is 1.84. The van der Waals surface area contributed by atoms with Gasteiger partial charge in [0, 0.05) is 12.5 Å². The topological polar surface area (TPSA) is 93.5 Å². The highest BCUT2D eigenvalue weighted by atomic mass is 16.1. The van der Waals surface area contributed by atoms with Crippen molar-refractivity contribution < 1.29 is 4.79 Å². The van der Waals surface area contributed by atoms with E-state index >= 15 is 0 Å². The summed E-state index contributed by atoms with van der Waals surface area (Å²) in [5.41, 5.74) is 10.4. The zero-order valence-corrected chi connectivity index (χ0v) is 7.50. The highest BCUT2D eigenvalue weighted by molar-refractivity contribution is 5.79. The van der Waals surface area contributed by atoms with Gasteiger partial charge in [0.15, 0.2) is 5.96 Å². The smallest absolute Gasteiger partial charge is 0.219 e. The van der Waals surface area contributed by atoms with Gasteiger partial charge in [-0.25, -0.2) is 0 Å². The van der Waals surface area contributed by atoms with Gasteiger partial charge in [0.1, 0.15) is 0 Å². The molecule has 0 aromatic heterocycles. The van der Waals surface area contributed by atoms with E-state index in [1.54, 1.807) is 0 Å². The molecule has 0 unspecified atom stereocenters. The molecule has 5 heteroatoms. The lowest BCUT2D eigenvalue weighted by Crippen LogP contribution is -2.36. The van der Waals surface area contributed by atoms with Crippen LogP contribution in [0.4, 0.5) is 0 Å². The lowest BCUT2D eigenvalue weighted by Gasteiger charge is -2.07. The molecule has 70 valence electrons. The molecule has 0 bridgehead atoms. The molecule has 1 amide bonds. The normalized spacial score (nSPS) is 11.8. The summed E-state index contributed by atoms with van der Waals surface area (Å²) in [6.45, 7) is 4.26. The predicted octanol–water partition coefficient (Wildman–Crippen LogP) is -0.825. The summed E-state index contributed by atoms with van der Waals surface area (Å²) < 4.78 is 0. The molecule has 0 radical (unpaired) electrons. The number of primary amides is 1. The van der Waals surface area contributed by atoms with Gasteiger partial charge in [-0.3, -0.25) is 9.79 Å². The van der Waals surface area contributed by atoms with E-state index in [4.69, 9.17) is 11.5 Å². The lowest BCUT2D eigenvalue weighted by atomic mass is 10.4. The van der Waals surface area contributed by atoms with Gasteiger partial charge in [0.2, 0.25) is 5.91 Å². The number of carbonyl (C=O) groups excluding carboxylic acids is 1. The van der Waals surface area contributed by atoms with Crippen LogP contribution >= 0.6 is 0 Å².